The van der Waals surface area contributed by atoms with Crippen LogP contribution in [0.4, 0.5) is 5.69 Å². The van der Waals surface area contributed by atoms with Gasteiger partial charge in [0.1, 0.15) is 11.6 Å². The molecular weight excluding hydrogens is 348 g/mol. The molecule has 0 radical (unpaired) electrons. The maximum Gasteiger partial charge on any atom is 0.336 e. The van der Waals surface area contributed by atoms with Crippen LogP contribution in [0.5, 0.6) is 0 Å². The van der Waals surface area contributed by atoms with Crippen LogP contribution in [0.25, 0.3) is 10.9 Å². The van der Waals surface area contributed by atoms with Crippen molar-refractivity contribution in [2.75, 3.05) is 0 Å². The van der Waals surface area contributed by atoms with Gasteiger partial charge in [-0.25, -0.2) is 14.8 Å². The van der Waals surface area contributed by atoms with Gasteiger partial charge in [0.25, 0.3) is 0 Å². The van der Waals surface area contributed by atoms with Gasteiger partial charge in [0.15, 0.2) is 0 Å². The first-order valence-electron chi connectivity index (χ1n) is 8.05. The number of Topliss-reactive ketones (excluding diaryl/α,β-unsaturated/α-hetero) is 1. The molecule has 1 aliphatic heterocycles. The zero-order chi connectivity index (χ0) is 19.1. The molecule has 0 saturated carbocycles. The smallest absolute Gasteiger partial charge is 0.336 e. The number of rotatable bonds is 3. The molecule has 0 aliphatic carbocycles. The van der Waals surface area contributed by atoms with E-state index in [1.165, 1.54) is 6.07 Å². The Morgan fingerprint density at radius 3 is 2.41 bits per heavy atom. The highest BCUT2D eigenvalue weighted by atomic mass is 16.4. The average Bonchev–Trinajstić information content (AvgIpc) is 2.66. The van der Waals surface area contributed by atoms with Crippen molar-refractivity contribution in [2.45, 2.75) is 5.92 Å². The van der Waals surface area contributed by atoms with E-state index >= 15 is 0 Å². The van der Waals surface area contributed by atoms with Gasteiger partial charge in [-0.2, -0.15) is 0 Å². The summed E-state index contributed by atoms with van der Waals surface area (Å²) in [5.74, 6) is -4.59. The van der Waals surface area contributed by atoms with E-state index in [9.17, 15) is 24.6 Å². The van der Waals surface area contributed by atoms with E-state index in [0.29, 0.717) is 22.2 Å². The number of nitrogens with zero attached hydrogens (tertiary/aromatic N) is 2. The average molecular weight is 360 g/mol. The van der Waals surface area contributed by atoms with E-state index in [1.54, 1.807) is 48.5 Å². The van der Waals surface area contributed by atoms with Crippen LogP contribution < -0.4 is 0 Å². The highest BCUT2D eigenvalue weighted by Gasteiger charge is 2.38. The summed E-state index contributed by atoms with van der Waals surface area (Å²) in [7, 11) is 0. The number of carboxylic acid groups (broad SMARTS) is 2. The summed E-state index contributed by atoms with van der Waals surface area (Å²) in [5, 5.41) is 19.5. The van der Waals surface area contributed by atoms with Gasteiger partial charge >= 0.3 is 11.9 Å². The summed E-state index contributed by atoms with van der Waals surface area (Å²) in [6.45, 7) is 0. The quantitative estimate of drug-likeness (QED) is 0.694. The van der Waals surface area contributed by atoms with Crippen molar-refractivity contribution < 1.29 is 24.6 Å². The number of aliphatic carboxylic acids is 1. The number of aliphatic imine (C=N–C) groups is 1. The van der Waals surface area contributed by atoms with Gasteiger partial charge in [-0.3, -0.25) is 9.59 Å². The Morgan fingerprint density at radius 2 is 1.67 bits per heavy atom. The maximum atomic E-state index is 12.8. The molecule has 3 aromatic rings. The minimum atomic E-state index is -1.41. The number of pyridine rings is 1. The van der Waals surface area contributed by atoms with Crippen molar-refractivity contribution in [1.82, 2.24) is 4.98 Å². The van der Waals surface area contributed by atoms with Crippen LogP contribution in [0, 0.1) is 0 Å². The Kier molecular flexibility index (Phi) is 3.77. The topological polar surface area (TPSA) is 117 Å². The third-order valence-electron chi connectivity index (χ3n) is 4.41. The molecule has 1 aliphatic rings. The molecule has 27 heavy (non-hydrogen) atoms. The van der Waals surface area contributed by atoms with E-state index < -0.39 is 23.6 Å². The normalized spacial score (nSPS) is 15.9. The predicted octanol–water partition coefficient (Wildman–Crippen LogP) is 2.80. The first kappa shape index (κ1) is 16.6. The molecule has 2 aromatic carbocycles. The summed E-state index contributed by atoms with van der Waals surface area (Å²) in [6, 6.07) is 14.4. The minimum Gasteiger partial charge on any atom is -0.480 e. The van der Waals surface area contributed by atoms with Crippen molar-refractivity contribution in [2.24, 2.45) is 4.99 Å². The minimum absolute atomic E-state index is 0.0307. The van der Waals surface area contributed by atoms with Gasteiger partial charge in [0.05, 0.1) is 22.5 Å². The van der Waals surface area contributed by atoms with Gasteiger partial charge in [-0.1, -0.05) is 36.4 Å². The Balaban J connectivity index is 1.98. The fraction of sp³-hybridized carbons (Fsp3) is 0.0500. The zero-order valence-electron chi connectivity index (χ0n) is 13.8. The molecule has 132 valence electrons. The molecule has 1 atom stereocenters. The van der Waals surface area contributed by atoms with Crippen molar-refractivity contribution in [3.05, 3.63) is 71.4 Å². The lowest BCUT2D eigenvalue weighted by Gasteiger charge is -2.20. The van der Waals surface area contributed by atoms with Gasteiger partial charge in [0, 0.05) is 5.39 Å². The number of hydrogen-bond donors (Lipinski definition) is 2. The van der Waals surface area contributed by atoms with Crippen molar-refractivity contribution >= 4 is 40.0 Å². The third-order valence-corrected chi connectivity index (χ3v) is 4.41. The lowest BCUT2D eigenvalue weighted by Crippen LogP contribution is -2.32. The summed E-state index contributed by atoms with van der Waals surface area (Å²) in [5.41, 5.74) is 0.890. The Bertz CT molecular complexity index is 1170. The number of carboxylic acids is 2. The monoisotopic (exact) mass is 360 g/mol. The van der Waals surface area contributed by atoms with Crippen LogP contribution in [-0.4, -0.2) is 38.6 Å². The maximum absolute atomic E-state index is 12.8. The van der Waals surface area contributed by atoms with E-state index in [4.69, 9.17) is 0 Å². The van der Waals surface area contributed by atoms with E-state index in [1.807, 2.05) is 0 Å². The highest BCUT2D eigenvalue weighted by Crippen LogP contribution is 2.34. The molecule has 0 bridgehead atoms. The second-order valence-corrected chi connectivity index (χ2v) is 6.03. The third kappa shape index (κ3) is 2.65. The van der Waals surface area contributed by atoms with Gasteiger partial charge in [0.2, 0.25) is 5.78 Å². The molecule has 4 rings (SSSR count). The lowest BCUT2D eigenvalue weighted by atomic mass is 9.87. The number of carbonyl (C=O) groups is 3. The fourth-order valence-electron chi connectivity index (χ4n) is 3.19. The number of benzene rings is 2. The van der Waals surface area contributed by atoms with Gasteiger partial charge < -0.3 is 10.2 Å². The number of aromatic carboxylic acids is 1. The molecule has 1 unspecified atom stereocenters. The second-order valence-electron chi connectivity index (χ2n) is 6.03. The first-order chi connectivity index (χ1) is 13.0. The molecule has 0 spiro atoms. The van der Waals surface area contributed by atoms with Crippen LogP contribution in [0.2, 0.25) is 0 Å². The van der Waals surface area contributed by atoms with Crippen molar-refractivity contribution in [1.29, 1.82) is 0 Å². The van der Waals surface area contributed by atoms with Crippen LogP contribution >= 0.6 is 0 Å². The fourth-order valence-corrected chi connectivity index (χ4v) is 3.19. The molecule has 1 aromatic heterocycles. The molecular formula is C20H12N2O5. The van der Waals surface area contributed by atoms with Crippen LogP contribution in [0.15, 0.2) is 59.6 Å². The second kappa shape index (κ2) is 6.14. The van der Waals surface area contributed by atoms with Crippen LogP contribution in [0.3, 0.4) is 0 Å². The van der Waals surface area contributed by atoms with Crippen molar-refractivity contribution in [3.8, 4) is 0 Å². The van der Waals surface area contributed by atoms with E-state index in [0.717, 1.165) is 0 Å². The molecule has 0 amide bonds. The molecule has 2 heterocycles. The number of fused-ring (bicyclic) bond motifs is 2. The van der Waals surface area contributed by atoms with Gasteiger partial charge in [-0.05, 0) is 23.8 Å². The number of carbonyl (C=O) groups excluding carboxylic acids is 1. The highest BCUT2D eigenvalue weighted by molar-refractivity contribution is 6.51. The van der Waals surface area contributed by atoms with E-state index in [2.05, 4.69) is 9.98 Å². The van der Waals surface area contributed by atoms with E-state index in [-0.39, 0.29) is 17.0 Å². The lowest BCUT2D eigenvalue weighted by molar-refractivity contribution is -0.141. The van der Waals surface area contributed by atoms with Crippen LogP contribution in [0.1, 0.15) is 27.5 Å². The summed E-state index contributed by atoms with van der Waals surface area (Å²) in [4.78, 5) is 44.8. The molecule has 0 saturated heterocycles. The molecule has 2 N–H and O–H groups in total. The Hall–Kier alpha value is -3.87. The standard InChI is InChI=1S/C20H12N2O5/c23-18-16(20(26)27)11-6-2-4-8-14(11)22-17(18)15-9-12(19(24)25)10-5-1-3-7-13(10)21-15/h1-9,16H,(H,24,25)(H,26,27). The summed E-state index contributed by atoms with van der Waals surface area (Å²) < 4.78 is 0. The SMILES string of the molecule is O=C(O)c1cc(C2=Nc3ccccc3C(C(=O)O)C2=O)nc2ccccc12. The van der Waals surface area contributed by atoms with Crippen molar-refractivity contribution in [3.63, 3.8) is 0 Å². The zero-order valence-corrected chi connectivity index (χ0v) is 13.8. The summed E-state index contributed by atoms with van der Waals surface area (Å²) >= 11 is 0. The van der Waals surface area contributed by atoms with Crippen LogP contribution in [-0.2, 0) is 9.59 Å². The Labute approximate surface area is 152 Å². The number of aromatic nitrogens is 1. The largest absolute Gasteiger partial charge is 0.480 e. The molecule has 7 heteroatoms. The summed E-state index contributed by atoms with van der Waals surface area (Å²) in [6.07, 6.45) is 0. The number of hydrogen-bond acceptors (Lipinski definition) is 5. The Morgan fingerprint density at radius 1 is 0.963 bits per heavy atom. The number of ketones is 1. The molecule has 7 nitrogen and oxygen atoms in total. The van der Waals surface area contributed by atoms with Gasteiger partial charge in [-0.15, -0.1) is 0 Å². The molecule has 0 fully saturated rings. The number of para-hydroxylation sites is 2. The first-order valence-corrected chi connectivity index (χ1v) is 8.05. The predicted molar refractivity (Wildman–Crippen MR) is 96.7 cm³/mol.